The van der Waals surface area contributed by atoms with Crippen molar-refractivity contribution in [3.63, 3.8) is 0 Å². The summed E-state index contributed by atoms with van der Waals surface area (Å²) in [4.78, 5) is 18.2. The Morgan fingerprint density at radius 1 is 0.390 bits per heavy atom. The monoisotopic (exact) mass is 586 g/mol. The van der Waals surface area contributed by atoms with Crippen LogP contribution in [0.25, 0.3) is 44.4 Å². The molecule has 41 heavy (non-hydrogen) atoms. The maximum Gasteiger partial charge on any atom is 0.0694 e. The fourth-order valence-electron chi connectivity index (χ4n) is 7.10. The van der Waals surface area contributed by atoms with Gasteiger partial charge < -0.3 is 9.97 Å². The molecular weight excluding hydrogens is 540 g/mol. The van der Waals surface area contributed by atoms with E-state index in [1.54, 1.807) is 0 Å². The smallest absolute Gasteiger partial charge is 0.0694 e. The van der Waals surface area contributed by atoms with Crippen LogP contribution in [0.5, 0.6) is 0 Å². The summed E-state index contributed by atoms with van der Waals surface area (Å²) in [5.74, 6) is 0. The van der Waals surface area contributed by atoms with Crippen LogP contribution in [0.4, 0.5) is 0 Å². The molecule has 5 rings (SSSR count). The van der Waals surface area contributed by atoms with Gasteiger partial charge in [0.05, 0.1) is 22.8 Å². The summed E-state index contributed by atoms with van der Waals surface area (Å²) in [5, 5.41) is 0. The summed E-state index contributed by atoms with van der Waals surface area (Å²) >= 11 is 0. The van der Waals surface area contributed by atoms with Gasteiger partial charge in [-0.1, -0.05) is 55.4 Å². The molecule has 216 valence electrons. The Morgan fingerprint density at radius 3 is 0.927 bits per heavy atom. The number of rotatable bonds is 8. The van der Waals surface area contributed by atoms with E-state index in [1.165, 1.54) is 66.6 Å². The van der Waals surface area contributed by atoms with E-state index in [9.17, 15) is 0 Å². The minimum absolute atomic E-state index is 0. The normalized spacial score (nSPS) is 13.3. The maximum atomic E-state index is 5.28. The number of nitrogens with zero attached hydrogens (tertiary/aromatic N) is 2. The van der Waals surface area contributed by atoms with E-state index in [2.05, 4.69) is 89.6 Å². The minimum atomic E-state index is 0. The molecule has 5 heterocycles. The van der Waals surface area contributed by atoms with Gasteiger partial charge in [0.25, 0.3) is 0 Å². The number of aromatic nitrogens is 4. The summed E-state index contributed by atoms with van der Waals surface area (Å²) < 4.78 is 0. The first-order chi connectivity index (χ1) is 19.5. The molecule has 0 spiro atoms. The van der Waals surface area contributed by atoms with Crippen molar-refractivity contribution in [3.8, 4) is 0 Å². The molecule has 0 saturated heterocycles. The number of aromatic amines is 2. The molecule has 5 heteroatoms. The van der Waals surface area contributed by atoms with E-state index in [4.69, 9.17) is 9.97 Å². The zero-order valence-corrected chi connectivity index (χ0v) is 27.5. The average molecular weight is 587 g/mol. The van der Waals surface area contributed by atoms with Gasteiger partial charge in [-0.25, -0.2) is 9.97 Å². The number of hydrogen-bond acceptors (Lipinski definition) is 2. The van der Waals surface area contributed by atoms with E-state index in [0.29, 0.717) is 0 Å². The first-order valence-corrected chi connectivity index (χ1v) is 15.7. The van der Waals surface area contributed by atoms with Crippen LogP contribution >= 0.6 is 0 Å². The molecule has 0 radical (unpaired) electrons. The molecule has 0 amide bonds. The second kappa shape index (κ2) is 13.0. The Bertz CT molecular complexity index is 1560. The average Bonchev–Trinajstić information content (AvgIpc) is 3.67. The fourth-order valence-corrected chi connectivity index (χ4v) is 7.10. The van der Waals surface area contributed by atoms with Gasteiger partial charge in [-0.3, -0.25) is 0 Å². The molecule has 4 nitrogen and oxygen atoms in total. The van der Waals surface area contributed by atoms with E-state index < -0.39 is 0 Å². The van der Waals surface area contributed by atoms with E-state index in [1.807, 2.05) is 0 Å². The molecule has 0 fully saturated rings. The van der Waals surface area contributed by atoms with Crippen molar-refractivity contribution in [1.82, 2.24) is 19.9 Å². The van der Waals surface area contributed by atoms with Crippen molar-refractivity contribution >= 4 is 44.4 Å². The maximum absolute atomic E-state index is 5.28. The van der Waals surface area contributed by atoms with Crippen LogP contribution in [0.15, 0.2) is 24.3 Å². The molecule has 3 aromatic rings. The van der Waals surface area contributed by atoms with Gasteiger partial charge in [0.2, 0.25) is 0 Å². The predicted molar refractivity (Wildman–Crippen MR) is 173 cm³/mol. The van der Waals surface area contributed by atoms with Gasteiger partial charge in [-0.15, -0.1) is 0 Å². The van der Waals surface area contributed by atoms with Crippen LogP contribution in [-0.2, 0) is 43.0 Å². The summed E-state index contributed by atoms with van der Waals surface area (Å²) in [7, 11) is 0. The fraction of sp³-hybridized carbons (Fsp3) is 0.444. The molecule has 0 aliphatic carbocycles. The van der Waals surface area contributed by atoms with Crippen LogP contribution < -0.4 is 0 Å². The number of allylic oxidation sites excluding steroid dienone is 4. The van der Waals surface area contributed by atoms with E-state index in [0.717, 1.165) is 74.1 Å². The van der Waals surface area contributed by atoms with Crippen molar-refractivity contribution < 1.29 is 17.4 Å². The van der Waals surface area contributed by atoms with E-state index >= 15 is 0 Å². The van der Waals surface area contributed by atoms with Gasteiger partial charge in [0, 0.05) is 39.4 Å². The minimum Gasteiger partial charge on any atom is -0.355 e. The Labute approximate surface area is 257 Å². The number of nitrogens with one attached hydrogen (secondary N) is 2. The number of H-pyrrole nitrogens is 2. The van der Waals surface area contributed by atoms with Crippen LogP contribution in [0.1, 0.15) is 126 Å². The molecule has 0 aromatic carbocycles. The SMILES string of the molecule is CCC1=C(CC)c2cc3[nH]c(cc4[nH]c(cc5nc(cc1n2)C(CC)=C5CC)c(CC)c4CC)c(CC)c3CC.[Cr]. The molecule has 0 saturated carbocycles. The quantitative estimate of drug-likeness (QED) is 0.276. The van der Waals surface area contributed by atoms with Crippen molar-refractivity contribution in [2.75, 3.05) is 0 Å². The third kappa shape index (κ3) is 5.28. The summed E-state index contributed by atoms with van der Waals surface area (Å²) in [5.41, 5.74) is 20.2. The Hall–Kier alpha value is -2.87. The van der Waals surface area contributed by atoms with Crippen LogP contribution in [-0.4, -0.2) is 19.9 Å². The zero-order chi connectivity index (χ0) is 28.6. The molecular formula is C36H46CrN4. The number of fused-ring (bicyclic) bond motifs is 8. The number of aryl methyl sites for hydroxylation is 4. The summed E-state index contributed by atoms with van der Waals surface area (Å²) in [6, 6.07) is 9.24. The van der Waals surface area contributed by atoms with Crippen molar-refractivity contribution in [3.05, 3.63) is 69.3 Å². The van der Waals surface area contributed by atoms with Gasteiger partial charge in [0.1, 0.15) is 0 Å². The zero-order valence-electron chi connectivity index (χ0n) is 26.3. The second-order valence-corrected chi connectivity index (χ2v) is 10.9. The van der Waals surface area contributed by atoms with Crippen LogP contribution in [0.2, 0.25) is 0 Å². The predicted octanol–water partition coefficient (Wildman–Crippen LogP) is 10.0. The largest absolute Gasteiger partial charge is 0.355 e. The van der Waals surface area contributed by atoms with Gasteiger partial charge >= 0.3 is 0 Å². The van der Waals surface area contributed by atoms with Gasteiger partial charge in [-0.2, -0.15) is 0 Å². The molecule has 0 atom stereocenters. The molecule has 8 bridgehead atoms. The molecule has 2 N–H and O–H groups in total. The van der Waals surface area contributed by atoms with E-state index in [-0.39, 0.29) is 17.4 Å². The molecule has 2 aliphatic heterocycles. The first kappa shape index (κ1) is 31.1. The van der Waals surface area contributed by atoms with Crippen molar-refractivity contribution in [2.24, 2.45) is 0 Å². The molecule has 3 aromatic heterocycles. The number of hydrogen-bond donors (Lipinski definition) is 2. The van der Waals surface area contributed by atoms with Gasteiger partial charge in [-0.05, 0) is 120 Å². The Morgan fingerprint density at radius 2 is 0.659 bits per heavy atom. The first-order valence-electron chi connectivity index (χ1n) is 15.7. The molecule has 0 unspecified atom stereocenters. The topological polar surface area (TPSA) is 57.4 Å². The van der Waals surface area contributed by atoms with Crippen LogP contribution in [0.3, 0.4) is 0 Å². The summed E-state index contributed by atoms with van der Waals surface area (Å²) in [6.45, 7) is 18.1. The third-order valence-corrected chi connectivity index (χ3v) is 8.97. The van der Waals surface area contributed by atoms with Crippen molar-refractivity contribution in [2.45, 2.75) is 107 Å². The standard InChI is InChI=1S/C36H46N4.Cr/c1-9-21-22(10-2)30-18-32-25(13-5)26(14-6)34(39-32)20-36-28(16-8)27(15-7)35(40-36)19-33-24(12-4)23(11-3)31(38-33)17-29(21)37-30;/h17-20,37-38H,9-16H2,1-8H3;. The van der Waals surface area contributed by atoms with Crippen molar-refractivity contribution in [1.29, 1.82) is 0 Å². The summed E-state index contributed by atoms with van der Waals surface area (Å²) in [6.07, 6.45) is 7.84. The molecule has 2 aliphatic rings. The van der Waals surface area contributed by atoms with Crippen LogP contribution in [0, 0.1) is 0 Å². The Kier molecular flexibility index (Phi) is 9.83. The van der Waals surface area contributed by atoms with Gasteiger partial charge in [0.15, 0.2) is 0 Å². The Balaban J connectivity index is 0.00000387. The third-order valence-electron chi connectivity index (χ3n) is 8.97. The second-order valence-electron chi connectivity index (χ2n) is 10.9.